The summed E-state index contributed by atoms with van der Waals surface area (Å²) in [7, 11) is 1.49. The number of nitrogens with zero attached hydrogens (tertiary/aromatic N) is 1. The van der Waals surface area contributed by atoms with E-state index >= 15 is 0 Å². The van der Waals surface area contributed by atoms with Gasteiger partial charge in [0.2, 0.25) is 0 Å². The van der Waals surface area contributed by atoms with Crippen LogP contribution in [-0.4, -0.2) is 54.7 Å². The predicted octanol–water partition coefficient (Wildman–Crippen LogP) is 3.19. The number of aliphatic carboxylic acids is 1. The summed E-state index contributed by atoms with van der Waals surface area (Å²) < 4.78 is 5.24. The summed E-state index contributed by atoms with van der Waals surface area (Å²) in [6.45, 7) is 2.81. The van der Waals surface area contributed by atoms with Gasteiger partial charge in [0.05, 0.1) is 23.4 Å². The van der Waals surface area contributed by atoms with Crippen LogP contribution in [0.5, 0.6) is 5.75 Å². The second-order valence-corrected chi connectivity index (χ2v) is 7.27. The maximum atomic E-state index is 12.6. The lowest BCUT2D eigenvalue weighted by Gasteiger charge is -2.32. The van der Waals surface area contributed by atoms with Gasteiger partial charge in [0, 0.05) is 31.6 Å². The molecule has 1 saturated heterocycles. The molecular formula is C19H29Cl2N3O4. The Morgan fingerprint density at radius 1 is 1.29 bits per heavy atom. The molecule has 0 atom stereocenters. The number of methoxy groups -OCH3 is 1. The van der Waals surface area contributed by atoms with Crippen LogP contribution in [0.4, 0.5) is 5.69 Å². The van der Waals surface area contributed by atoms with Gasteiger partial charge in [-0.15, -0.1) is 12.4 Å². The Morgan fingerprint density at radius 2 is 1.96 bits per heavy atom. The first-order chi connectivity index (χ1) is 12.9. The molecule has 0 spiro atoms. The number of piperidine rings is 1. The van der Waals surface area contributed by atoms with Crippen LogP contribution in [-0.2, 0) is 4.79 Å². The van der Waals surface area contributed by atoms with Crippen LogP contribution in [0.25, 0.3) is 0 Å². The van der Waals surface area contributed by atoms with Gasteiger partial charge < -0.3 is 25.8 Å². The number of benzene rings is 1. The summed E-state index contributed by atoms with van der Waals surface area (Å²) in [6, 6.07) is 3.21. The van der Waals surface area contributed by atoms with Gasteiger partial charge in [-0.25, -0.2) is 0 Å². The fraction of sp³-hybridized carbons (Fsp3) is 0.579. The number of halogens is 2. The molecule has 7 nitrogen and oxygen atoms in total. The van der Waals surface area contributed by atoms with Crippen molar-refractivity contribution in [2.24, 2.45) is 0 Å². The van der Waals surface area contributed by atoms with Gasteiger partial charge in [-0.3, -0.25) is 9.59 Å². The lowest BCUT2D eigenvalue weighted by atomic mass is 10.0. The predicted molar refractivity (Wildman–Crippen MR) is 113 cm³/mol. The van der Waals surface area contributed by atoms with Crippen LogP contribution in [0.15, 0.2) is 12.1 Å². The SMILES string of the molecule is COc1cc(N)c(Cl)cc1C(=O)NC1CCN(CCCCCC(=O)O)CC1.Cl. The van der Waals surface area contributed by atoms with E-state index < -0.39 is 5.97 Å². The van der Waals surface area contributed by atoms with Crippen LogP contribution >= 0.6 is 24.0 Å². The summed E-state index contributed by atoms with van der Waals surface area (Å²) in [5.41, 5.74) is 6.52. The van der Waals surface area contributed by atoms with E-state index in [-0.39, 0.29) is 30.8 Å². The first-order valence-corrected chi connectivity index (χ1v) is 9.66. The molecule has 28 heavy (non-hydrogen) atoms. The Hall–Kier alpha value is -1.70. The number of rotatable bonds is 9. The minimum atomic E-state index is -0.731. The van der Waals surface area contributed by atoms with E-state index in [9.17, 15) is 9.59 Å². The average molecular weight is 434 g/mol. The number of likely N-dealkylation sites (tertiary alicyclic amines) is 1. The van der Waals surface area contributed by atoms with Crippen molar-refractivity contribution in [3.63, 3.8) is 0 Å². The zero-order valence-electron chi connectivity index (χ0n) is 16.1. The minimum absolute atomic E-state index is 0. The summed E-state index contributed by atoms with van der Waals surface area (Å²) in [5.74, 6) is -0.528. The largest absolute Gasteiger partial charge is 0.496 e. The molecule has 0 bridgehead atoms. The number of nitrogens with two attached hydrogens (primary N) is 1. The molecule has 0 saturated carbocycles. The third-order valence-electron chi connectivity index (χ3n) is 4.85. The number of carbonyl (C=O) groups is 2. The highest BCUT2D eigenvalue weighted by Gasteiger charge is 2.23. The van der Waals surface area contributed by atoms with E-state index in [2.05, 4.69) is 10.2 Å². The van der Waals surface area contributed by atoms with Gasteiger partial charge in [-0.2, -0.15) is 0 Å². The third-order valence-corrected chi connectivity index (χ3v) is 5.18. The topological polar surface area (TPSA) is 105 Å². The van der Waals surface area contributed by atoms with Gasteiger partial charge >= 0.3 is 5.97 Å². The summed E-state index contributed by atoms with van der Waals surface area (Å²) in [5, 5.41) is 12.0. The van der Waals surface area contributed by atoms with Gasteiger partial charge in [0.25, 0.3) is 5.91 Å². The normalized spacial score (nSPS) is 14.9. The lowest BCUT2D eigenvalue weighted by Crippen LogP contribution is -2.44. The number of anilines is 1. The van der Waals surface area contributed by atoms with E-state index in [0.717, 1.165) is 51.7 Å². The number of carbonyl (C=O) groups excluding carboxylic acids is 1. The monoisotopic (exact) mass is 433 g/mol. The number of carboxylic acids is 1. The molecule has 1 aliphatic heterocycles. The van der Waals surface area contributed by atoms with Crippen molar-refractivity contribution in [2.75, 3.05) is 32.5 Å². The molecule has 0 radical (unpaired) electrons. The van der Waals surface area contributed by atoms with Crippen molar-refractivity contribution in [1.82, 2.24) is 10.2 Å². The second kappa shape index (κ2) is 12.0. The Kier molecular flexibility index (Phi) is 10.4. The first kappa shape index (κ1) is 24.3. The number of carboxylic acid groups (broad SMARTS) is 1. The van der Waals surface area contributed by atoms with Crippen molar-refractivity contribution in [3.8, 4) is 5.75 Å². The Labute approximate surface area is 177 Å². The van der Waals surface area contributed by atoms with Crippen LogP contribution in [0.1, 0.15) is 48.9 Å². The molecule has 1 heterocycles. The number of hydrogen-bond donors (Lipinski definition) is 3. The second-order valence-electron chi connectivity index (χ2n) is 6.87. The molecule has 1 aromatic carbocycles. The molecule has 4 N–H and O–H groups in total. The molecule has 9 heteroatoms. The van der Waals surface area contributed by atoms with Crippen LogP contribution in [0, 0.1) is 0 Å². The lowest BCUT2D eigenvalue weighted by molar-refractivity contribution is -0.137. The average Bonchev–Trinajstić information content (AvgIpc) is 2.64. The molecule has 2 rings (SSSR count). The van der Waals surface area contributed by atoms with Crippen LogP contribution in [0.2, 0.25) is 5.02 Å². The number of unbranched alkanes of at least 4 members (excludes halogenated alkanes) is 2. The smallest absolute Gasteiger partial charge is 0.303 e. The number of ether oxygens (including phenoxy) is 1. The molecule has 1 aliphatic rings. The first-order valence-electron chi connectivity index (χ1n) is 9.28. The fourth-order valence-corrected chi connectivity index (χ4v) is 3.43. The highest BCUT2D eigenvalue weighted by Crippen LogP contribution is 2.29. The standard InChI is InChI=1S/C19H28ClN3O4.ClH/c1-27-17-12-16(21)15(20)11-14(17)19(26)22-13-6-9-23(10-7-13)8-4-2-3-5-18(24)25;/h11-13H,2-10,21H2,1H3,(H,22,26)(H,24,25);1H. The van der Waals surface area contributed by atoms with Crippen molar-refractivity contribution in [3.05, 3.63) is 22.7 Å². The molecule has 1 aromatic rings. The summed E-state index contributed by atoms with van der Waals surface area (Å²) >= 11 is 6.04. The van der Waals surface area contributed by atoms with Gasteiger partial charge in [-0.1, -0.05) is 18.0 Å². The molecular weight excluding hydrogens is 405 g/mol. The molecule has 0 aliphatic carbocycles. The molecule has 158 valence electrons. The van der Waals surface area contributed by atoms with Crippen LogP contribution < -0.4 is 15.8 Å². The van der Waals surface area contributed by atoms with Crippen LogP contribution in [0.3, 0.4) is 0 Å². The Bertz CT molecular complexity index is 665. The highest BCUT2D eigenvalue weighted by atomic mass is 35.5. The Balaban J connectivity index is 0.00000392. The van der Waals surface area contributed by atoms with Gasteiger partial charge in [0.15, 0.2) is 0 Å². The van der Waals surface area contributed by atoms with Gasteiger partial charge in [0.1, 0.15) is 5.75 Å². The quantitative estimate of drug-likeness (QED) is 0.407. The Morgan fingerprint density at radius 3 is 2.57 bits per heavy atom. The molecule has 1 amide bonds. The highest BCUT2D eigenvalue weighted by molar-refractivity contribution is 6.33. The van der Waals surface area contributed by atoms with E-state index in [1.165, 1.54) is 13.2 Å². The van der Waals surface area contributed by atoms with Gasteiger partial charge in [-0.05, 0) is 38.3 Å². The third kappa shape index (κ3) is 7.37. The number of nitrogen functional groups attached to an aromatic ring is 1. The number of hydrogen-bond acceptors (Lipinski definition) is 5. The molecule has 0 unspecified atom stereocenters. The van der Waals surface area contributed by atoms with E-state index in [1.807, 2.05) is 0 Å². The van der Waals surface area contributed by atoms with Crippen molar-refractivity contribution in [2.45, 2.75) is 44.6 Å². The van der Waals surface area contributed by atoms with Crippen molar-refractivity contribution in [1.29, 1.82) is 0 Å². The van der Waals surface area contributed by atoms with E-state index in [4.69, 9.17) is 27.2 Å². The van der Waals surface area contributed by atoms with E-state index in [0.29, 0.717) is 22.0 Å². The van der Waals surface area contributed by atoms with E-state index in [1.54, 1.807) is 6.07 Å². The maximum Gasteiger partial charge on any atom is 0.303 e. The minimum Gasteiger partial charge on any atom is -0.496 e. The number of amides is 1. The summed E-state index contributed by atoms with van der Waals surface area (Å²) in [4.78, 5) is 25.4. The number of nitrogens with one attached hydrogen (secondary N) is 1. The summed E-state index contributed by atoms with van der Waals surface area (Å²) in [6.07, 6.45) is 4.67. The van der Waals surface area contributed by atoms with Crippen molar-refractivity contribution < 1.29 is 19.4 Å². The maximum absolute atomic E-state index is 12.6. The fourth-order valence-electron chi connectivity index (χ4n) is 3.27. The zero-order chi connectivity index (χ0) is 19.8. The zero-order valence-corrected chi connectivity index (χ0v) is 17.7. The molecule has 0 aromatic heterocycles. The van der Waals surface area contributed by atoms with Crippen molar-refractivity contribution >= 4 is 41.6 Å². The molecule has 1 fully saturated rings.